The summed E-state index contributed by atoms with van der Waals surface area (Å²) in [6.07, 6.45) is 0.303. The Balaban J connectivity index is 1.52. The van der Waals surface area contributed by atoms with Crippen LogP contribution in [0.15, 0.2) is 59.4 Å². The highest BCUT2D eigenvalue weighted by molar-refractivity contribution is 5.91. The molecule has 0 spiro atoms. The largest absolute Gasteiger partial charge is 0.338 e. The molecule has 0 radical (unpaired) electrons. The summed E-state index contributed by atoms with van der Waals surface area (Å²) in [6, 6.07) is 13.7. The van der Waals surface area contributed by atoms with Crippen LogP contribution in [0.25, 0.3) is 32.9 Å². The lowest BCUT2D eigenvalue weighted by Crippen LogP contribution is -2.28. The summed E-state index contributed by atoms with van der Waals surface area (Å²) < 4.78 is 29.8. The third-order valence-electron chi connectivity index (χ3n) is 5.61. The van der Waals surface area contributed by atoms with Crippen LogP contribution in [0.1, 0.15) is 18.2 Å². The van der Waals surface area contributed by atoms with Crippen molar-refractivity contribution in [3.8, 4) is 11.1 Å². The third kappa shape index (κ3) is 4.33. The zero-order valence-electron chi connectivity index (χ0n) is 18.6. The summed E-state index contributed by atoms with van der Waals surface area (Å²) >= 11 is 0. The Bertz CT molecular complexity index is 1640. The van der Waals surface area contributed by atoms with Crippen molar-refractivity contribution in [3.63, 3.8) is 0 Å². The first kappa shape index (κ1) is 22.2. The Morgan fingerprint density at radius 3 is 2.57 bits per heavy atom. The number of amides is 2. The molecule has 0 aliphatic rings. The van der Waals surface area contributed by atoms with E-state index < -0.39 is 17.7 Å². The van der Waals surface area contributed by atoms with E-state index in [0.29, 0.717) is 46.0 Å². The van der Waals surface area contributed by atoms with Crippen LogP contribution in [-0.4, -0.2) is 32.7 Å². The first-order valence-electron chi connectivity index (χ1n) is 10.9. The fourth-order valence-electron chi connectivity index (χ4n) is 4.00. The maximum absolute atomic E-state index is 15.0. The molecule has 0 unspecified atom stereocenters. The second-order valence-corrected chi connectivity index (χ2v) is 7.96. The van der Waals surface area contributed by atoms with Gasteiger partial charge in [0.25, 0.3) is 5.56 Å². The number of halogens is 2. The maximum atomic E-state index is 15.0. The van der Waals surface area contributed by atoms with Gasteiger partial charge in [-0.15, -0.1) is 0 Å². The molecule has 0 aliphatic carbocycles. The predicted octanol–water partition coefficient (Wildman–Crippen LogP) is 4.48. The van der Waals surface area contributed by atoms with E-state index in [2.05, 4.69) is 30.8 Å². The zero-order chi connectivity index (χ0) is 24.5. The van der Waals surface area contributed by atoms with Crippen LogP contribution in [0, 0.1) is 11.6 Å². The van der Waals surface area contributed by atoms with Gasteiger partial charge in [-0.3, -0.25) is 10.1 Å². The Kier molecular flexibility index (Phi) is 5.69. The van der Waals surface area contributed by atoms with Crippen LogP contribution in [0.5, 0.6) is 0 Å². The van der Waals surface area contributed by atoms with E-state index in [4.69, 9.17) is 0 Å². The Morgan fingerprint density at radius 1 is 1.00 bits per heavy atom. The molecule has 8 nitrogen and oxygen atoms in total. The number of aromatic nitrogens is 4. The molecular formula is C25H20F2N6O2. The van der Waals surface area contributed by atoms with Crippen LogP contribution >= 0.6 is 0 Å². The third-order valence-corrected chi connectivity index (χ3v) is 5.61. The van der Waals surface area contributed by atoms with Gasteiger partial charge in [-0.25, -0.2) is 23.7 Å². The van der Waals surface area contributed by atoms with Crippen molar-refractivity contribution in [1.29, 1.82) is 0 Å². The molecule has 2 heterocycles. The van der Waals surface area contributed by atoms with Gasteiger partial charge in [0.1, 0.15) is 11.6 Å². The smallest absolute Gasteiger partial charge is 0.321 e. The van der Waals surface area contributed by atoms with E-state index >= 15 is 4.39 Å². The van der Waals surface area contributed by atoms with Gasteiger partial charge in [-0.2, -0.15) is 5.10 Å². The van der Waals surface area contributed by atoms with Gasteiger partial charge in [-0.1, -0.05) is 24.3 Å². The normalized spacial score (nSPS) is 11.2. The van der Waals surface area contributed by atoms with Gasteiger partial charge in [0.15, 0.2) is 0 Å². The number of H-pyrrole nitrogens is 2. The molecule has 0 aliphatic heterocycles. The molecule has 2 amide bonds. The van der Waals surface area contributed by atoms with Crippen molar-refractivity contribution in [3.05, 3.63) is 87.8 Å². The lowest BCUT2D eigenvalue weighted by Gasteiger charge is -2.09. The number of carbonyl (C=O) groups excluding carboxylic acids is 1. The maximum Gasteiger partial charge on any atom is 0.321 e. The van der Waals surface area contributed by atoms with Crippen molar-refractivity contribution >= 4 is 33.8 Å². The molecule has 0 atom stereocenters. The highest BCUT2D eigenvalue weighted by Crippen LogP contribution is 2.31. The second-order valence-electron chi connectivity index (χ2n) is 7.96. The summed E-state index contributed by atoms with van der Waals surface area (Å²) in [4.78, 5) is 30.9. The van der Waals surface area contributed by atoms with E-state index in [-0.39, 0.29) is 22.6 Å². The number of hydrogen-bond acceptors (Lipinski definition) is 4. The summed E-state index contributed by atoms with van der Waals surface area (Å²) in [5, 5.41) is 13.0. The number of fused-ring (bicyclic) bond motifs is 2. The molecule has 0 bridgehead atoms. The van der Waals surface area contributed by atoms with Gasteiger partial charge in [0, 0.05) is 35.5 Å². The Morgan fingerprint density at radius 2 is 1.77 bits per heavy atom. The number of benzene rings is 3. The first-order chi connectivity index (χ1) is 16.9. The average Bonchev–Trinajstić information content (AvgIpc) is 3.22. The quantitative estimate of drug-likeness (QED) is 0.301. The van der Waals surface area contributed by atoms with Crippen LogP contribution in [0.3, 0.4) is 0 Å². The number of aromatic amines is 2. The molecule has 35 heavy (non-hydrogen) atoms. The monoisotopic (exact) mass is 474 g/mol. The number of imidazole rings is 1. The molecule has 5 aromatic rings. The van der Waals surface area contributed by atoms with Crippen molar-refractivity contribution in [2.24, 2.45) is 0 Å². The molecule has 10 heteroatoms. The van der Waals surface area contributed by atoms with E-state index in [1.165, 1.54) is 18.2 Å². The fourth-order valence-corrected chi connectivity index (χ4v) is 4.00. The van der Waals surface area contributed by atoms with E-state index in [1.807, 2.05) is 6.07 Å². The summed E-state index contributed by atoms with van der Waals surface area (Å²) in [6.45, 7) is 2.21. The van der Waals surface area contributed by atoms with Gasteiger partial charge in [0.05, 0.1) is 22.1 Å². The van der Waals surface area contributed by atoms with Crippen LogP contribution in [0.2, 0.25) is 0 Å². The molecule has 3 aromatic carbocycles. The number of nitrogens with one attached hydrogen (secondary N) is 4. The first-order valence-corrected chi connectivity index (χ1v) is 10.9. The number of urea groups is 1. The zero-order valence-corrected chi connectivity index (χ0v) is 18.6. The van der Waals surface area contributed by atoms with Gasteiger partial charge in [-0.05, 0) is 36.8 Å². The van der Waals surface area contributed by atoms with Gasteiger partial charge in [0.2, 0.25) is 5.95 Å². The minimum Gasteiger partial charge on any atom is -0.338 e. The van der Waals surface area contributed by atoms with Crippen LogP contribution in [0.4, 0.5) is 19.5 Å². The number of hydrogen-bond donors (Lipinski definition) is 4. The SMILES string of the molecule is CCNC(=O)Nc1nc2cc(-c3cc(Cc4n[nH]c(=O)c5ccccc45)ccc3F)c(F)cc2[nH]1. The second kappa shape index (κ2) is 8.98. The van der Waals surface area contributed by atoms with Crippen LogP contribution < -0.4 is 16.2 Å². The van der Waals surface area contributed by atoms with E-state index in [9.17, 15) is 14.0 Å². The molecule has 2 aromatic heterocycles. The molecule has 0 fully saturated rings. The Labute approximate surface area is 197 Å². The molecule has 0 saturated heterocycles. The molecular weight excluding hydrogens is 454 g/mol. The lowest BCUT2D eigenvalue weighted by molar-refractivity contribution is 0.252. The molecule has 0 saturated carbocycles. The number of nitrogens with zero attached hydrogens (tertiary/aromatic N) is 2. The highest BCUT2D eigenvalue weighted by Gasteiger charge is 2.16. The minimum atomic E-state index is -0.644. The van der Waals surface area contributed by atoms with Crippen molar-refractivity contribution < 1.29 is 13.6 Å². The van der Waals surface area contributed by atoms with Gasteiger partial charge >= 0.3 is 6.03 Å². The van der Waals surface area contributed by atoms with Crippen molar-refractivity contribution in [2.45, 2.75) is 13.3 Å². The summed E-state index contributed by atoms with van der Waals surface area (Å²) in [7, 11) is 0. The fraction of sp³-hybridized carbons (Fsp3) is 0.120. The average molecular weight is 474 g/mol. The number of carbonyl (C=O) groups is 1. The highest BCUT2D eigenvalue weighted by atomic mass is 19.1. The van der Waals surface area contributed by atoms with E-state index in [1.54, 1.807) is 37.3 Å². The topological polar surface area (TPSA) is 116 Å². The lowest BCUT2D eigenvalue weighted by atomic mass is 9.98. The molecule has 4 N–H and O–H groups in total. The molecule has 176 valence electrons. The van der Waals surface area contributed by atoms with Crippen LogP contribution in [-0.2, 0) is 6.42 Å². The minimum absolute atomic E-state index is 0.0344. The van der Waals surface area contributed by atoms with Crippen molar-refractivity contribution in [2.75, 3.05) is 11.9 Å². The van der Waals surface area contributed by atoms with Gasteiger partial charge < -0.3 is 10.3 Å². The Hall–Kier alpha value is -4.60. The van der Waals surface area contributed by atoms with E-state index in [0.717, 1.165) is 0 Å². The summed E-state index contributed by atoms with van der Waals surface area (Å²) in [5.41, 5.74) is 1.83. The number of anilines is 1. The predicted molar refractivity (Wildman–Crippen MR) is 129 cm³/mol. The van der Waals surface area contributed by atoms with Crippen molar-refractivity contribution in [1.82, 2.24) is 25.5 Å². The molecule has 5 rings (SSSR count). The number of rotatable bonds is 5. The standard InChI is InChI=1S/C25H20F2N6O2/c1-2-28-25(35)31-24-29-21-11-17(19(27)12-22(21)30-24)16-9-13(7-8-18(16)26)10-20-14-5-3-4-6-15(14)23(34)33-32-20/h3-9,11-12H,2,10H2,1H3,(H,33,34)(H3,28,29,30,31,35). The summed E-state index contributed by atoms with van der Waals surface area (Å²) in [5.74, 6) is -1.09.